The zero-order valence-corrected chi connectivity index (χ0v) is 16.2. The van der Waals surface area contributed by atoms with Crippen molar-refractivity contribution in [2.45, 2.75) is 18.1 Å². The molecule has 1 heterocycles. The van der Waals surface area contributed by atoms with Crippen LogP contribution in [0.4, 0.5) is 13.2 Å². The molecule has 1 saturated heterocycles. The molecule has 2 amide bonds. The van der Waals surface area contributed by atoms with Crippen molar-refractivity contribution in [1.82, 2.24) is 10.2 Å². The topological polar surface area (TPSA) is 75.4 Å². The van der Waals surface area contributed by atoms with Crippen LogP contribution in [0, 0.1) is 0 Å². The van der Waals surface area contributed by atoms with Crippen molar-refractivity contribution in [2.24, 2.45) is 5.73 Å². The molecule has 3 rings (SSSR count). The van der Waals surface area contributed by atoms with Crippen molar-refractivity contribution in [3.05, 3.63) is 71.3 Å². The van der Waals surface area contributed by atoms with Crippen molar-refractivity contribution in [2.75, 3.05) is 19.6 Å². The average molecular weight is 428 g/mol. The number of amides is 2. The molecule has 2 aromatic carbocycles. The minimum atomic E-state index is -4.46. The number of alkyl halides is 3. The van der Waals surface area contributed by atoms with Gasteiger partial charge in [-0.3, -0.25) is 9.59 Å². The summed E-state index contributed by atoms with van der Waals surface area (Å²) in [5.41, 5.74) is 6.44. The van der Waals surface area contributed by atoms with Gasteiger partial charge in [0, 0.05) is 30.6 Å². The van der Waals surface area contributed by atoms with E-state index in [-0.39, 0.29) is 42.4 Å². The van der Waals surface area contributed by atoms with E-state index < -0.39 is 17.6 Å². The number of rotatable bonds is 4. The second-order valence-corrected chi connectivity index (χ2v) is 6.74. The highest BCUT2D eigenvalue weighted by Crippen LogP contribution is 2.29. The van der Waals surface area contributed by atoms with Gasteiger partial charge in [0.15, 0.2) is 0 Å². The minimum Gasteiger partial charge on any atom is -0.343 e. The first-order valence-electron chi connectivity index (χ1n) is 8.79. The maximum Gasteiger partial charge on any atom is 0.416 e. The molecule has 0 unspecified atom stereocenters. The summed E-state index contributed by atoms with van der Waals surface area (Å²) in [7, 11) is 0. The first-order valence-corrected chi connectivity index (χ1v) is 8.79. The van der Waals surface area contributed by atoms with Crippen LogP contribution in [0.1, 0.15) is 27.4 Å². The molecule has 0 radical (unpaired) electrons. The number of likely N-dealkylation sites (tertiary alicyclic amines) is 1. The Morgan fingerprint density at radius 1 is 1.03 bits per heavy atom. The predicted molar refractivity (Wildman–Crippen MR) is 105 cm³/mol. The first kappa shape index (κ1) is 22.7. The normalized spacial score (nSPS) is 18.8. The lowest BCUT2D eigenvalue weighted by atomic mass is 9.95. The molecule has 9 heteroatoms. The van der Waals surface area contributed by atoms with Crippen molar-refractivity contribution < 1.29 is 22.8 Å². The molecule has 5 nitrogen and oxygen atoms in total. The van der Waals surface area contributed by atoms with Crippen LogP contribution >= 0.6 is 12.4 Å². The number of carbonyl (C=O) groups is 2. The van der Waals surface area contributed by atoms with E-state index in [1.165, 1.54) is 0 Å². The number of nitrogens with one attached hydrogen (secondary N) is 1. The number of halogens is 4. The standard InChI is InChI=1S/C20H20F3N3O2.ClH/c21-20(22,23)15-8-6-14(7-9-15)19(28)25-10-18(27)26-11-16(17(24)12-26)13-4-2-1-3-5-13;/h1-9,16-17H,10-12,24H2,(H,25,28);1H/t16-,17+;/m0./s1. The zero-order chi connectivity index (χ0) is 20.3. The Morgan fingerprint density at radius 2 is 1.66 bits per heavy atom. The molecule has 0 bridgehead atoms. The van der Waals surface area contributed by atoms with Crippen molar-refractivity contribution in [3.63, 3.8) is 0 Å². The van der Waals surface area contributed by atoms with Crippen LogP contribution in [0.5, 0.6) is 0 Å². The molecule has 1 aliphatic rings. The highest BCUT2D eigenvalue weighted by molar-refractivity contribution is 5.96. The van der Waals surface area contributed by atoms with E-state index in [0.717, 1.165) is 29.8 Å². The van der Waals surface area contributed by atoms with Crippen LogP contribution in [0.2, 0.25) is 0 Å². The minimum absolute atomic E-state index is 0. The predicted octanol–water partition coefficient (Wildman–Crippen LogP) is 2.81. The van der Waals surface area contributed by atoms with Crippen molar-refractivity contribution in [1.29, 1.82) is 0 Å². The van der Waals surface area contributed by atoms with Crippen LogP contribution in [0.25, 0.3) is 0 Å². The molecular formula is C20H21ClF3N3O2. The highest BCUT2D eigenvalue weighted by Gasteiger charge is 2.34. The summed E-state index contributed by atoms with van der Waals surface area (Å²) in [6.07, 6.45) is -4.46. The Hall–Kier alpha value is -2.58. The van der Waals surface area contributed by atoms with Crippen LogP contribution in [-0.4, -0.2) is 42.4 Å². The van der Waals surface area contributed by atoms with Gasteiger partial charge in [0.2, 0.25) is 5.91 Å². The SMILES string of the molecule is Cl.N[C@@H]1CN(C(=O)CNC(=O)c2ccc(C(F)(F)F)cc2)C[C@H]1c1ccccc1. The summed E-state index contributed by atoms with van der Waals surface area (Å²) in [4.78, 5) is 26.1. The summed E-state index contributed by atoms with van der Waals surface area (Å²) < 4.78 is 37.7. The quantitative estimate of drug-likeness (QED) is 0.787. The molecule has 29 heavy (non-hydrogen) atoms. The fourth-order valence-corrected chi connectivity index (χ4v) is 3.27. The third-order valence-electron chi connectivity index (χ3n) is 4.82. The van der Waals surface area contributed by atoms with Gasteiger partial charge in [-0.25, -0.2) is 0 Å². The number of benzene rings is 2. The Morgan fingerprint density at radius 3 is 2.24 bits per heavy atom. The second kappa shape index (κ2) is 9.28. The van der Waals surface area contributed by atoms with E-state index in [9.17, 15) is 22.8 Å². The van der Waals surface area contributed by atoms with Gasteiger partial charge in [-0.1, -0.05) is 30.3 Å². The fraction of sp³-hybridized carbons (Fsp3) is 0.300. The lowest BCUT2D eigenvalue weighted by Gasteiger charge is -2.17. The Labute approximate surface area is 172 Å². The molecular weight excluding hydrogens is 407 g/mol. The largest absolute Gasteiger partial charge is 0.416 e. The van der Waals surface area contributed by atoms with Gasteiger partial charge in [0.25, 0.3) is 5.91 Å². The average Bonchev–Trinajstić information content (AvgIpc) is 3.08. The number of hydrogen-bond donors (Lipinski definition) is 2. The smallest absolute Gasteiger partial charge is 0.343 e. The first-order chi connectivity index (χ1) is 13.3. The van der Waals surface area contributed by atoms with Crippen LogP contribution in [0.3, 0.4) is 0 Å². The van der Waals surface area contributed by atoms with Gasteiger partial charge in [0.1, 0.15) is 0 Å². The Balaban J connectivity index is 0.00000300. The number of hydrogen-bond acceptors (Lipinski definition) is 3. The molecule has 0 aromatic heterocycles. The number of nitrogens with zero attached hydrogens (tertiary/aromatic N) is 1. The Kier molecular flexibility index (Phi) is 7.26. The third kappa shape index (κ3) is 5.48. The summed E-state index contributed by atoms with van der Waals surface area (Å²) in [6, 6.07) is 13.3. The summed E-state index contributed by atoms with van der Waals surface area (Å²) in [5.74, 6) is -0.866. The third-order valence-corrected chi connectivity index (χ3v) is 4.82. The number of carbonyl (C=O) groups excluding carboxylic acids is 2. The molecule has 1 aliphatic heterocycles. The maximum atomic E-state index is 12.6. The van der Waals surface area contributed by atoms with Gasteiger partial charge >= 0.3 is 6.18 Å². The lowest BCUT2D eigenvalue weighted by Crippen LogP contribution is -2.40. The van der Waals surface area contributed by atoms with Crippen LogP contribution in [-0.2, 0) is 11.0 Å². The summed E-state index contributed by atoms with van der Waals surface area (Å²) >= 11 is 0. The van der Waals surface area contributed by atoms with Gasteiger partial charge in [-0.05, 0) is 29.8 Å². The molecule has 1 fully saturated rings. The van der Waals surface area contributed by atoms with Crippen molar-refractivity contribution in [3.8, 4) is 0 Å². The molecule has 0 spiro atoms. The van der Waals surface area contributed by atoms with E-state index in [0.29, 0.717) is 13.1 Å². The maximum absolute atomic E-state index is 12.6. The van der Waals surface area contributed by atoms with E-state index in [1.807, 2.05) is 30.3 Å². The van der Waals surface area contributed by atoms with E-state index in [4.69, 9.17) is 5.73 Å². The molecule has 2 aromatic rings. The van der Waals surface area contributed by atoms with Gasteiger partial charge in [-0.2, -0.15) is 13.2 Å². The van der Waals surface area contributed by atoms with E-state index in [1.54, 1.807) is 4.90 Å². The Bertz CT molecular complexity index is 844. The van der Waals surface area contributed by atoms with Crippen LogP contribution in [0.15, 0.2) is 54.6 Å². The lowest BCUT2D eigenvalue weighted by molar-refractivity contribution is -0.137. The molecule has 156 valence electrons. The van der Waals surface area contributed by atoms with E-state index in [2.05, 4.69) is 5.32 Å². The van der Waals surface area contributed by atoms with Crippen LogP contribution < -0.4 is 11.1 Å². The van der Waals surface area contributed by atoms with Gasteiger partial charge in [0.05, 0.1) is 12.1 Å². The molecule has 2 atom stereocenters. The summed E-state index contributed by atoms with van der Waals surface area (Å²) in [6.45, 7) is 0.600. The summed E-state index contributed by atoms with van der Waals surface area (Å²) in [5, 5.41) is 2.45. The van der Waals surface area contributed by atoms with Gasteiger partial charge in [-0.15, -0.1) is 12.4 Å². The monoisotopic (exact) mass is 427 g/mol. The van der Waals surface area contributed by atoms with E-state index >= 15 is 0 Å². The fourth-order valence-electron chi connectivity index (χ4n) is 3.27. The molecule has 0 aliphatic carbocycles. The highest BCUT2D eigenvalue weighted by atomic mass is 35.5. The van der Waals surface area contributed by atoms with Gasteiger partial charge < -0.3 is 16.0 Å². The zero-order valence-electron chi connectivity index (χ0n) is 15.4. The number of nitrogens with two attached hydrogens (primary N) is 1. The van der Waals surface area contributed by atoms with Crippen molar-refractivity contribution >= 4 is 24.2 Å². The molecule has 0 saturated carbocycles. The second-order valence-electron chi connectivity index (χ2n) is 6.74. The molecule has 3 N–H and O–H groups in total.